The standard InChI is InChI=1S/C17H26N2O2/c1-12(14-7-6-10-16(11-14)21-3)18-13(2)17(20)19-15-8-4-5-9-15/h6-7,10-13,15,18H,4-5,8-9H2,1-3H3,(H,19,20)/t12-,13?/m0/s1. The Morgan fingerprint density at radius 3 is 2.67 bits per heavy atom. The summed E-state index contributed by atoms with van der Waals surface area (Å²) in [7, 11) is 1.66. The fourth-order valence-corrected chi connectivity index (χ4v) is 2.85. The van der Waals surface area contributed by atoms with Gasteiger partial charge in [0.1, 0.15) is 5.75 Å². The van der Waals surface area contributed by atoms with E-state index in [2.05, 4.69) is 17.6 Å². The Morgan fingerprint density at radius 2 is 2.00 bits per heavy atom. The molecule has 1 aromatic rings. The van der Waals surface area contributed by atoms with Crippen LogP contribution >= 0.6 is 0 Å². The number of carbonyl (C=O) groups excluding carboxylic acids is 1. The van der Waals surface area contributed by atoms with Crippen LogP contribution in [0.4, 0.5) is 0 Å². The largest absolute Gasteiger partial charge is 0.497 e. The van der Waals surface area contributed by atoms with Gasteiger partial charge < -0.3 is 10.1 Å². The highest BCUT2D eigenvalue weighted by molar-refractivity contribution is 5.81. The van der Waals surface area contributed by atoms with Gasteiger partial charge in [0.05, 0.1) is 13.2 Å². The molecule has 21 heavy (non-hydrogen) atoms. The molecule has 4 heteroatoms. The lowest BCUT2D eigenvalue weighted by molar-refractivity contribution is -0.123. The van der Waals surface area contributed by atoms with Crippen molar-refractivity contribution in [1.29, 1.82) is 0 Å². The van der Waals surface area contributed by atoms with Gasteiger partial charge >= 0.3 is 0 Å². The van der Waals surface area contributed by atoms with Crippen LogP contribution in [-0.4, -0.2) is 25.1 Å². The number of ether oxygens (including phenoxy) is 1. The minimum absolute atomic E-state index is 0.0941. The molecule has 0 radical (unpaired) electrons. The van der Waals surface area contributed by atoms with Crippen molar-refractivity contribution in [3.05, 3.63) is 29.8 Å². The molecule has 4 nitrogen and oxygen atoms in total. The molecule has 2 rings (SSSR count). The maximum Gasteiger partial charge on any atom is 0.237 e. The molecule has 1 unspecified atom stereocenters. The molecule has 0 aromatic heterocycles. The number of amides is 1. The zero-order valence-electron chi connectivity index (χ0n) is 13.2. The van der Waals surface area contributed by atoms with E-state index in [1.807, 2.05) is 31.2 Å². The molecular weight excluding hydrogens is 264 g/mol. The fourth-order valence-electron chi connectivity index (χ4n) is 2.85. The Bertz CT molecular complexity index is 470. The molecule has 2 N–H and O–H groups in total. The summed E-state index contributed by atoms with van der Waals surface area (Å²) >= 11 is 0. The van der Waals surface area contributed by atoms with E-state index in [1.165, 1.54) is 12.8 Å². The zero-order valence-corrected chi connectivity index (χ0v) is 13.2. The molecule has 1 aliphatic carbocycles. The number of methoxy groups -OCH3 is 1. The van der Waals surface area contributed by atoms with Crippen LogP contribution < -0.4 is 15.4 Å². The monoisotopic (exact) mass is 290 g/mol. The number of hydrogen-bond donors (Lipinski definition) is 2. The van der Waals surface area contributed by atoms with E-state index in [1.54, 1.807) is 7.11 Å². The van der Waals surface area contributed by atoms with Gasteiger partial charge in [0, 0.05) is 12.1 Å². The van der Waals surface area contributed by atoms with Crippen molar-refractivity contribution < 1.29 is 9.53 Å². The first-order valence-corrected chi connectivity index (χ1v) is 7.80. The van der Waals surface area contributed by atoms with Gasteiger partial charge in [-0.25, -0.2) is 0 Å². The average Bonchev–Trinajstić information content (AvgIpc) is 3.00. The molecule has 116 valence electrons. The second-order valence-corrected chi connectivity index (χ2v) is 5.88. The van der Waals surface area contributed by atoms with E-state index in [4.69, 9.17) is 4.74 Å². The molecule has 0 bridgehead atoms. The molecule has 2 atom stereocenters. The van der Waals surface area contributed by atoms with Gasteiger partial charge in [-0.3, -0.25) is 10.1 Å². The van der Waals surface area contributed by atoms with Gasteiger partial charge in [0.15, 0.2) is 0 Å². The molecule has 0 aliphatic heterocycles. The van der Waals surface area contributed by atoms with Gasteiger partial charge in [-0.05, 0) is 44.4 Å². The van der Waals surface area contributed by atoms with Crippen molar-refractivity contribution >= 4 is 5.91 Å². The molecule has 0 heterocycles. The summed E-state index contributed by atoms with van der Waals surface area (Å²) in [6, 6.07) is 8.20. The van der Waals surface area contributed by atoms with Crippen LogP contribution in [-0.2, 0) is 4.79 Å². The zero-order chi connectivity index (χ0) is 15.2. The minimum Gasteiger partial charge on any atom is -0.497 e. The SMILES string of the molecule is COc1cccc([C@H](C)NC(C)C(=O)NC2CCCC2)c1. The van der Waals surface area contributed by atoms with Crippen molar-refractivity contribution in [3.63, 3.8) is 0 Å². The molecule has 0 spiro atoms. The third-order valence-corrected chi connectivity index (χ3v) is 4.19. The van der Waals surface area contributed by atoms with Gasteiger partial charge in [-0.1, -0.05) is 25.0 Å². The molecule has 1 aromatic carbocycles. The number of carbonyl (C=O) groups is 1. The summed E-state index contributed by atoms with van der Waals surface area (Å²) in [6.07, 6.45) is 4.69. The van der Waals surface area contributed by atoms with Gasteiger partial charge in [-0.15, -0.1) is 0 Å². The summed E-state index contributed by atoms with van der Waals surface area (Å²) in [4.78, 5) is 12.2. The van der Waals surface area contributed by atoms with Crippen LogP contribution in [0.2, 0.25) is 0 Å². The van der Waals surface area contributed by atoms with E-state index < -0.39 is 0 Å². The van der Waals surface area contributed by atoms with Gasteiger partial charge in [0.2, 0.25) is 5.91 Å². The minimum atomic E-state index is -0.202. The number of benzene rings is 1. The van der Waals surface area contributed by atoms with Crippen molar-refractivity contribution in [3.8, 4) is 5.75 Å². The van der Waals surface area contributed by atoms with E-state index in [9.17, 15) is 4.79 Å². The van der Waals surface area contributed by atoms with E-state index >= 15 is 0 Å². The summed E-state index contributed by atoms with van der Waals surface area (Å²) in [5, 5.41) is 6.49. The summed E-state index contributed by atoms with van der Waals surface area (Å²) in [6.45, 7) is 3.98. The second-order valence-electron chi connectivity index (χ2n) is 5.88. The smallest absolute Gasteiger partial charge is 0.237 e. The molecule has 1 saturated carbocycles. The molecule has 1 amide bonds. The fraction of sp³-hybridized carbons (Fsp3) is 0.588. The highest BCUT2D eigenvalue weighted by Crippen LogP contribution is 2.20. The Labute approximate surface area is 127 Å². The lowest BCUT2D eigenvalue weighted by Gasteiger charge is -2.22. The highest BCUT2D eigenvalue weighted by atomic mass is 16.5. The topological polar surface area (TPSA) is 50.4 Å². The first kappa shape index (κ1) is 15.8. The van der Waals surface area contributed by atoms with Crippen molar-refractivity contribution in [1.82, 2.24) is 10.6 Å². The van der Waals surface area contributed by atoms with Crippen molar-refractivity contribution in [2.24, 2.45) is 0 Å². The van der Waals surface area contributed by atoms with Crippen LogP contribution in [0.1, 0.15) is 51.1 Å². The van der Waals surface area contributed by atoms with Gasteiger partial charge in [-0.2, -0.15) is 0 Å². The number of rotatable bonds is 6. The van der Waals surface area contributed by atoms with E-state index in [0.29, 0.717) is 6.04 Å². The maximum absolute atomic E-state index is 12.2. The van der Waals surface area contributed by atoms with E-state index in [-0.39, 0.29) is 18.0 Å². The highest BCUT2D eigenvalue weighted by Gasteiger charge is 2.21. The Hall–Kier alpha value is -1.55. The third-order valence-electron chi connectivity index (χ3n) is 4.19. The average molecular weight is 290 g/mol. The molecule has 1 aliphatic rings. The Balaban J connectivity index is 1.88. The maximum atomic E-state index is 12.2. The van der Waals surface area contributed by atoms with Gasteiger partial charge in [0.25, 0.3) is 0 Å². The van der Waals surface area contributed by atoms with Crippen LogP contribution in [0.25, 0.3) is 0 Å². The normalized spacial score (nSPS) is 18.2. The van der Waals surface area contributed by atoms with Crippen molar-refractivity contribution in [2.75, 3.05) is 7.11 Å². The number of hydrogen-bond acceptors (Lipinski definition) is 3. The lowest BCUT2D eigenvalue weighted by Crippen LogP contribution is -2.46. The van der Waals surface area contributed by atoms with Crippen LogP contribution in [0.15, 0.2) is 24.3 Å². The third kappa shape index (κ3) is 4.46. The predicted octanol–water partition coefficient (Wildman–Crippen LogP) is 2.79. The van der Waals surface area contributed by atoms with E-state index in [0.717, 1.165) is 24.2 Å². The molecular formula is C17H26N2O2. The quantitative estimate of drug-likeness (QED) is 0.847. The van der Waals surface area contributed by atoms with Crippen LogP contribution in [0, 0.1) is 0 Å². The summed E-state index contributed by atoms with van der Waals surface area (Å²) < 4.78 is 5.24. The molecule has 0 saturated heterocycles. The lowest BCUT2D eigenvalue weighted by atomic mass is 10.1. The van der Waals surface area contributed by atoms with Crippen LogP contribution in [0.5, 0.6) is 5.75 Å². The summed E-state index contributed by atoms with van der Waals surface area (Å²) in [5.41, 5.74) is 1.12. The first-order valence-electron chi connectivity index (χ1n) is 7.80. The van der Waals surface area contributed by atoms with Crippen LogP contribution in [0.3, 0.4) is 0 Å². The first-order chi connectivity index (χ1) is 10.1. The number of nitrogens with one attached hydrogen (secondary N) is 2. The Morgan fingerprint density at radius 1 is 1.29 bits per heavy atom. The Kier molecular flexibility index (Phi) is 5.62. The summed E-state index contributed by atoms with van der Waals surface area (Å²) in [5.74, 6) is 0.931. The second kappa shape index (κ2) is 7.46. The predicted molar refractivity (Wildman–Crippen MR) is 84.4 cm³/mol. The molecule has 1 fully saturated rings. The van der Waals surface area contributed by atoms with Crippen molar-refractivity contribution in [2.45, 2.75) is 57.7 Å².